The molecule has 0 radical (unpaired) electrons. The first-order chi connectivity index (χ1) is 58.1. The first-order valence-electron chi connectivity index (χ1n) is 44.4. The van der Waals surface area contributed by atoms with Gasteiger partial charge < -0.3 is 122 Å². The second-order valence-electron chi connectivity index (χ2n) is 31.1. The van der Waals surface area contributed by atoms with Crippen LogP contribution in [0.3, 0.4) is 0 Å². The molecule has 3 heterocycles. The minimum Gasteiger partial charge on any atom is -0.394 e. The molecule has 3 aliphatic heterocycles. The van der Waals surface area contributed by atoms with Gasteiger partial charge >= 0.3 is 7.82 Å². The van der Waals surface area contributed by atoms with Crippen LogP contribution in [0.25, 0.3) is 0 Å². The Bertz CT molecular complexity index is 2810. The number of Topliss-reactive ketones (excluding diaryl/α,β-unsaturated/α-hetero) is 3. The van der Waals surface area contributed by atoms with Crippen LogP contribution < -0.4 is 37.6 Å². The average molecular weight is 1760 g/mol. The van der Waals surface area contributed by atoms with Gasteiger partial charge in [-0.2, -0.15) is 0 Å². The van der Waals surface area contributed by atoms with Crippen LogP contribution in [0.2, 0.25) is 0 Å². The molecule has 38 heteroatoms. The molecule has 17 atom stereocenters. The molecule has 0 spiro atoms. The SMILES string of the molecule is CC.COCCCCCCCC(=O)CCCC(=O)NCCCCC(C(=O)CCCCNC(=O)CCCCCO[C@@H]1OC(CO)[C@H](O)[C@H](O)C1C)N(CC(=O)CCCCNC(=O)CCCCCO[C@@H]1OC(CO)[C@H](O)[C@H](O)C1NC(C)=O)CC(=O)NCCCNC(=O)CCCCCO[C@@H]1OC(CO)[C@H](O)[C@H](O)C1C.COP(=O)(O)OCCCCCCN. The zero-order chi connectivity index (χ0) is 90.2. The molecule has 0 aromatic rings. The number of aliphatic hydroxyl groups excluding tert-OH is 9. The third-order valence-electron chi connectivity index (χ3n) is 21.0. The van der Waals surface area contributed by atoms with Crippen molar-refractivity contribution in [2.24, 2.45) is 17.6 Å². The summed E-state index contributed by atoms with van der Waals surface area (Å²) in [6, 6.07) is -1.95. The molecule has 3 aliphatic rings. The lowest BCUT2D eigenvalue weighted by Gasteiger charge is -2.42. The zero-order valence-corrected chi connectivity index (χ0v) is 74.4. The van der Waals surface area contributed by atoms with Gasteiger partial charge in [-0.15, -0.1) is 0 Å². The summed E-state index contributed by atoms with van der Waals surface area (Å²) in [4.78, 5) is 128. The maximum absolute atomic E-state index is 14.5. The van der Waals surface area contributed by atoms with Gasteiger partial charge in [0, 0.05) is 143 Å². The number of nitrogens with one attached hydrogen (secondary N) is 6. The van der Waals surface area contributed by atoms with Gasteiger partial charge in [0.2, 0.25) is 35.4 Å². The van der Waals surface area contributed by atoms with Crippen molar-refractivity contribution in [3.63, 3.8) is 0 Å². The van der Waals surface area contributed by atoms with Crippen molar-refractivity contribution in [2.45, 2.75) is 345 Å². The van der Waals surface area contributed by atoms with Crippen molar-refractivity contribution in [3.8, 4) is 0 Å². The van der Waals surface area contributed by atoms with Crippen LogP contribution in [0.15, 0.2) is 0 Å². The number of hydrogen-bond acceptors (Lipinski definition) is 30. The summed E-state index contributed by atoms with van der Waals surface area (Å²) in [6.07, 6.45) is 6.04. The lowest BCUT2D eigenvalue weighted by atomic mass is 9.92. The number of carbonyl (C=O) groups is 9. The third-order valence-corrected chi connectivity index (χ3v) is 22.0. The number of ketones is 3. The highest BCUT2D eigenvalue weighted by molar-refractivity contribution is 7.47. The molecule has 0 aromatic carbocycles. The fraction of sp³-hybridized carbons (Fsp3) is 0.892. The van der Waals surface area contributed by atoms with Crippen molar-refractivity contribution in [1.29, 1.82) is 0 Å². The van der Waals surface area contributed by atoms with Gasteiger partial charge in [-0.25, -0.2) is 4.57 Å². The lowest BCUT2D eigenvalue weighted by molar-refractivity contribution is -0.282. The topological polar surface area (TPSA) is 558 Å². The van der Waals surface area contributed by atoms with Gasteiger partial charge in [0.25, 0.3) is 0 Å². The number of nitrogens with two attached hydrogens (primary N) is 1. The zero-order valence-electron chi connectivity index (χ0n) is 73.5. The maximum Gasteiger partial charge on any atom is 0.471 e. The van der Waals surface area contributed by atoms with E-state index in [0.29, 0.717) is 142 Å². The average Bonchev–Trinajstić information content (AvgIpc) is 0.798. The van der Waals surface area contributed by atoms with E-state index in [1.54, 1.807) is 25.9 Å². The molecule has 0 saturated carbocycles. The van der Waals surface area contributed by atoms with Gasteiger partial charge in [0.15, 0.2) is 18.9 Å². The number of phosphoric acid groups is 1. The van der Waals surface area contributed by atoms with E-state index in [0.717, 1.165) is 71.5 Å². The molecule has 8 unspecified atom stereocenters. The Hall–Kier alpha value is -4.78. The summed E-state index contributed by atoms with van der Waals surface area (Å²) in [5.41, 5.74) is 5.30. The van der Waals surface area contributed by atoms with E-state index in [1.165, 1.54) is 6.92 Å². The van der Waals surface area contributed by atoms with Crippen LogP contribution >= 0.6 is 7.82 Å². The van der Waals surface area contributed by atoms with Crippen LogP contribution in [-0.4, -0.2) is 314 Å². The molecule has 708 valence electrons. The van der Waals surface area contributed by atoms with E-state index >= 15 is 0 Å². The molecule has 3 fully saturated rings. The molecule has 3 saturated heterocycles. The number of carbonyl (C=O) groups excluding carboxylic acids is 9. The van der Waals surface area contributed by atoms with Gasteiger partial charge in [0.05, 0.1) is 57.8 Å². The summed E-state index contributed by atoms with van der Waals surface area (Å²) >= 11 is 0. The number of ether oxygens (including phenoxy) is 7. The standard InChI is InChI=1S/C74H133N7O25.C7H18NO4P.C2H6/c1-50-66(94)68(96)57(47-82)104-72(50)101-42-22-8-12-32-61(90)76-38-20-17-31-56(88)55(30-16-19-37-77-63(92)35-25-29-53(86)27-11-6-5-7-21-41-100-4)81(46-64(93)79-40-26-39-78-62(91)34-13-9-23-43-102-73-51(2)67(95)69(97)58(48-83)105-73)45-54(87)28-15-18-36-75-60(89)33-14-10-24-44-103-74-65(80-52(3)85)71(99)70(98)59(49-84)106-74;1-11-13(9,10)12-7-5-3-2-4-6-8;1-2/h50-51,55,57-59,65-74,82-84,94-99H,5-49H2,1-4H3,(H,75,89)(H,76,90)(H,77,92)(H,78,91)(H,79,93)(H,80,85);2-8H2,1H3,(H,9,10);1-2H3/t50?,51?,55?,57?,58?,59?,65?,66-,67-,68+,69+,70+,71-,72-,73-,74-;;/m1../s1. The molecule has 37 nitrogen and oxygen atoms in total. The number of amides is 6. The number of nitrogens with zero attached hydrogens (tertiary/aromatic N) is 1. The van der Waals surface area contributed by atoms with Crippen molar-refractivity contribution < 1.29 is 141 Å². The summed E-state index contributed by atoms with van der Waals surface area (Å²) < 4.78 is 58.9. The van der Waals surface area contributed by atoms with Crippen molar-refractivity contribution >= 4 is 60.6 Å². The van der Waals surface area contributed by atoms with Crippen LogP contribution in [0.4, 0.5) is 0 Å². The van der Waals surface area contributed by atoms with Crippen LogP contribution in [0.1, 0.15) is 259 Å². The molecule has 6 amide bonds. The second-order valence-corrected chi connectivity index (χ2v) is 32.7. The number of unbranched alkanes of at least 4 members (excludes halogenated alkanes) is 16. The fourth-order valence-corrected chi connectivity index (χ4v) is 14.1. The molecule has 0 aromatic heterocycles. The molecule has 0 aliphatic carbocycles. The van der Waals surface area contributed by atoms with Crippen molar-refractivity contribution in [1.82, 2.24) is 36.8 Å². The molecular formula is C83H157N8O29P. The van der Waals surface area contributed by atoms with Crippen molar-refractivity contribution in [2.75, 3.05) is 119 Å². The molecule has 18 N–H and O–H groups in total. The Kier molecular flexibility index (Phi) is 67.3. The van der Waals surface area contributed by atoms with Crippen molar-refractivity contribution in [3.05, 3.63) is 0 Å². The highest BCUT2D eigenvalue weighted by Crippen LogP contribution is 2.42. The molecule has 121 heavy (non-hydrogen) atoms. The van der Waals surface area contributed by atoms with E-state index in [9.17, 15) is 93.7 Å². The number of phosphoric ester groups is 1. The number of hydrogen-bond donors (Lipinski definition) is 17. The van der Waals surface area contributed by atoms with Crippen LogP contribution in [0.5, 0.6) is 0 Å². The highest BCUT2D eigenvalue weighted by Gasteiger charge is 2.46. The lowest BCUT2D eigenvalue weighted by Crippen LogP contribution is -2.64. The largest absolute Gasteiger partial charge is 0.471 e. The number of rotatable bonds is 70. The molecule has 0 bridgehead atoms. The quantitative estimate of drug-likeness (QED) is 0.0307. The monoisotopic (exact) mass is 1760 g/mol. The third kappa shape index (κ3) is 52.8. The summed E-state index contributed by atoms with van der Waals surface area (Å²) in [6.45, 7) is 10.2. The van der Waals surface area contributed by atoms with Gasteiger partial charge in [0.1, 0.15) is 66.1 Å². The first-order valence-corrected chi connectivity index (χ1v) is 45.9. The van der Waals surface area contributed by atoms with Gasteiger partial charge in [-0.1, -0.05) is 79.1 Å². The Morgan fingerprint density at radius 1 is 0.413 bits per heavy atom. The van der Waals surface area contributed by atoms with Crippen LogP contribution in [0, 0.1) is 11.8 Å². The Morgan fingerprint density at radius 2 is 0.777 bits per heavy atom. The van der Waals surface area contributed by atoms with E-state index in [2.05, 4.69) is 40.9 Å². The van der Waals surface area contributed by atoms with E-state index < -0.39 is 137 Å². The Labute approximate surface area is 717 Å². The van der Waals surface area contributed by atoms with Gasteiger partial charge in [-0.3, -0.25) is 57.1 Å². The molecular weight excluding hydrogens is 1600 g/mol. The Balaban J connectivity index is 0.00000443. The Morgan fingerprint density at radius 3 is 1.25 bits per heavy atom. The summed E-state index contributed by atoms with van der Waals surface area (Å²) in [5.74, 6) is -3.01. The smallest absolute Gasteiger partial charge is 0.394 e. The van der Waals surface area contributed by atoms with E-state index in [-0.39, 0.29) is 145 Å². The minimum absolute atomic E-state index is 0.0751. The summed E-state index contributed by atoms with van der Waals surface area (Å²) in [5, 5.41) is 107. The first kappa shape index (κ1) is 114. The minimum atomic E-state index is -3.75. The number of methoxy groups -OCH3 is 1. The fourth-order valence-electron chi connectivity index (χ4n) is 13.7. The predicted molar refractivity (Wildman–Crippen MR) is 449 cm³/mol. The summed E-state index contributed by atoms with van der Waals surface area (Å²) in [7, 11) is -0.930. The van der Waals surface area contributed by atoms with Crippen LogP contribution in [-0.2, 0) is 89.9 Å². The van der Waals surface area contributed by atoms with E-state index in [4.69, 9.17) is 43.8 Å². The highest BCUT2D eigenvalue weighted by atomic mass is 31.2. The van der Waals surface area contributed by atoms with E-state index in [1.807, 2.05) is 13.8 Å². The van der Waals surface area contributed by atoms with Gasteiger partial charge in [-0.05, 0) is 129 Å². The predicted octanol–water partition coefficient (Wildman–Crippen LogP) is 3.12. The number of aliphatic hydroxyl groups is 9. The maximum atomic E-state index is 14.5. The normalized spacial score (nSPS) is 23.4. The second kappa shape index (κ2) is 71.3. The molecule has 3 rings (SSSR count).